The van der Waals surface area contributed by atoms with E-state index in [9.17, 15) is 13.2 Å². The molecule has 9 heteroatoms. The lowest BCUT2D eigenvalue weighted by molar-refractivity contribution is -0.0505. The zero-order chi connectivity index (χ0) is 21.9. The number of alkyl halides is 2. The van der Waals surface area contributed by atoms with Crippen molar-refractivity contribution in [1.82, 2.24) is 10.6 Å². The number of hydrogen-bond donors (Lipinski definition) is 2. The van der Waals surface area contributed by atoms with Gasteiger partial charge in [0.2, 0.25) is 0 Å². The minimum absolute atomic E-state index is 0.00526. The Labute approximate surface area is 173 Å². The first-order valence-electron chi connectivity index (χ1n) is 9.30. The molecular formula is C21H23F3N4O2. The molecule has 0 atom stereocenters. The van der Waals surface area contributed by atoms with Gasteiger partial charge >= 0.3 is 6.61 Å². The van der Waals surface area contributed by atoms with Crippen LogP contribution in [0.2, 0.25) is 0 Å². The summed E-state index contributed by atoms with van der Waals surface area (Å²) in [6, 6.07) is 10.7. The van der Waals surface area contributed by atoms with Gasteiger partial charge in [-0.15, -0.1) is 0 Å². The number of ether oxygens (including phenoxy) is 2. The SMILES string of the molecule is CCCOc1ccc(CNC(=NC)NCc2cc(C#N)ccc2F)c(OC(F)F)c1. The maximum atomic E-state index is 13.9. The van der Waals surface area contributed by atoms with Gasteiger partial charge in [-0.3, -0.25) is 4.99 Å². The highest BCUT2D eigenvalue weighted by molar-refractivity contribution is 5.79. The second-order valence-electron chi connectivity index (χ2n) is 6.19. The summed E-state index contributed by atoms with van der Waals surface area (Å²) in [5, 5.41) is 14.8. The van der Waals surface area contributed by atoms with Crippen molar-refractivity contribution >= 4 is 5.96 Å². The fourth-order valence-corrected chi connectivity index (χ4v) is 2.55. The van der Waals surface area contributed by atoms with Crippen molar-refractivity contribution in [3.63, 3.8) is 0 Å². The number of nitrogens with one attached hydrogen (secondary N) is 2. The van der Waals surface area contributed by atoms with Gasteiger partial charge < -0.3 is 20.1 Å². The summed E-state index contributed by atoms with van der Waals surface area (Å²) < 4.78 is 49.5. The Balaban J connectivity index is 2.04. The smallest absolute Gasteiger partial charge is 0.387 e. The lowest BCUT2D eigenvalue weighted by Crippen LogP contribution is -2.36. The average molecular weight is 420 g/mol. The molecule has 0 aliphatic rings. The number of benzene rings is 2. The molecule has 0 aliphatic carbocycles. The molecule has 0 saturated heterocycles. The molecule has 2 rings (SSSR count). The Kier molecular flexibility index (Phi) is 8.81. The topological polar surface area (TPSA) is 78.7 Å². The number of rotatable bonds is 9. The van der Waals surface area contributed by atoms with Gasteiger partial charge in [0.05, 0.1) is 18.2 Å². The lowest BCUT2D eigenvalue weighted by Gasteiger charge is -2.16. The number of aliphatic imine (C=N–C) groups is 1. The quantitative estimate of drug-likeness (QED) is 0.474. The monoisotopic (exact) mass is 420 g/mol. The van der Waals surface area contributed by atoms with Crippen LogP contribution in [0.25, 0.3) is 0 Å². The molecule has 0 aliphatic heterocycles. The summed E-state index contributed by atoms with van der Waals surface area (Å²) in [4.78, 5) is 4.03. The summed E-state index contributed by atoms with van der Waals surface area (Å²) in [6.07, 6.45) is 0.786. The van der Waals surface area contributed by atoms with Crippen molar-refractivity contribution in [3.8, 4) is 17.6 Å². The van der Waals surface area contributed by atoms with Gasteiger partial charge in [-0.05, 0) is 36.8 Å². The minimum atomic E-state index is -2.97. The number of nitrogens with zero attached hydrogens (tertiary/aromatic N) is 2. The lowest BCUT2D eigenvalue weighted by atomic mass is 10.1. The van der Waals surface area contributed by atoms with Crippen molar-refractivity contribution in [2.45, 2.75) is 33.0 Å². The summed E-state index contributed by atoms with van der Waals surface area (Å²) in [7, 11) is 1.52. The Morgan fingerprint density at radius 3 is 2.50 bits per heavy atom. The molecule has 30 heavy (non-hydrogen) atoms. The maximum absolute atomic E-state index is 13.9. The number of guanidine groups is 1. The molecule has 0 radical (unpaired) electrons. The molecule has 0 spiro atoms. The predicted molar refractivity (Wildman–Crippen MR) is 107 cm³/mol. The van der Waals surface area contributed by atoms with Crippen LogP contribution in [0.15, 0.2) is 41.4 Å². The van der Waals surface area contributed by atoms with Crippen LogP contribution >= 0.6 is 0 Å². The normalized spacial score (nSPS) is 11.2. The van der Waals surface area contributed by atoms with E-state index >= 15 is 0 Å². The van der Waals surface area contributed by atoms with Crippen LogP contribution in [-0.2, 0) is 13.1 Å². The van der Waals surface area contributed by atoms with Crippen LogP contribution < -0.4 is 20.1 Å². The summed E-state index contributed by atoms with van der Waals surface area (Å²) >= 11 is 0. The highest BCUT2D eigenvalue weighted by Gasteiger charge is 2.12. The van der Waals surface area contributed by atoms with Crippen LogP contribution in [-0.4, -0.2) is 26.2 Å². The molecule has 0 amide bonds. The zero-order valence-electron chi connectivity index (χ0n) is 16.7. The molecular weight excluding hydrogens is 397 g/mol. The summed E-state index contributed by atoms with van der Waals surface area (Å²) in [5.74, 6) is 0.305. The molecule has 2 aromatic carbocycles. The van der Waals surface area contributed by atoms with Gasteiger partial charge in [-0.25, -0.2) is 4.39 Å². The van der Waals surface area contributed by atoms with E-state index in [1.54, 1.807) is 12.1 Å². The van der Waals surface area contributed by atoms with Gasteiger partial charge in [-0.2, -0.15) is 14.0 Å². The standard InChI is InChI=1S/C21H23F3N4O2/c1-3-8-29-17-6-5-15(19(10-17)30-20(23)24)12-27-21(26-2)28-13-16-9-14(11-25)4-7-18(16)22/h4-7,9-10,20H,3,8,12-13H2,1-2H3,(H2,26,27,28). The molecule has 2 aromatic rings. The fourth-order valence-electron chi connectivity index (χ4n) is 2.55. The number of hydrogen-bond acceptors (Lipinski definition) is 4. The third-order valence-electron chi connectivity index (χ3n) is 4.02. The van der Waals surface area contributed by atoms with Crippen LogP contribution in [0.1, 0.15) is 30.0 Å². The predicted octanol–water partition coefficient (Wildman–Crippen LogP) is 3.95. The Morgan fingerprint density at radius 1 is 1.13 bits per heavy atom. The van der Waals surface area contributed by atoms with E-state index in [1.165, 1.54) is 31.3 Å². The first kappa shape index (κ1) is 22.9. The largest absolute Gasteiger partial charge is 0.493 e. The first-order chi connectivity index (χ1) is 14.5. The summed E-state index contributed by atoms with van der Waals surface area (Å²) in [5.41, 5.74) is 1.12. The second-order valence-corrected chi connectivity index (χ2v) is 6.19. The van der Waals surface area contributed by atoms with Crippen molar-refractivity contribution in [2.75, 3.05) is 13.7 Å². The highest BCUT2D eigenvalue weighted by atomic mass is 19.3. The fraction of sp³-hybridized carbons (Fsp3) is 0.333. The van der Waals surface area contributed by atoms with Crippen LogP contribution in [0.5, 0.6) is 11.5 Å². The van der Waals surface area contributed by atoms with Crippen LogP contribution in [0.3, 0.4) is 0 Å². The van der Waals surface area contributed by atoms with Crippen molar-refractivity contribution < 1.29 is 22.6 Å². The van der Waals surface area contributed by atoms with E-state index in [0.717, 1.165) is 6.42 Å². The first-order valence-corrected chi connectivity index (χ1v) is 9.30. The van der Waals surface area contributed by atoms with E-state index in [4.69, 9.17) is 10.00 Å². The average Bonchev–Trinajstić information content (AvgIpc) is 2.74. The Bertz CT molecular complexity index is 914. The van der Waals surface area contributed by atoms with Gasteiger partial charge in [-0.1, -0.05) is 6.92 Å². The molecule has 6 nitrogen and oxygen atoms in total. The van der Waals surface area contributed by atoms with Crippen molar-refractivity contribution in [3.05, 3.63) is 58.9 Å². The molecule has 160 valence electrons. The van der Waals surface area contributed by atoms with Gasteiger partial charge in [0.1, 0.15) is 17.3 Å². The van der Waals surface area contributed by atoms with E-state index in [2.05, 4.69) is 20.4 Å². The molecule has 0 heterocycles. The number of halogens is 3. The van der Waals surface area contributed by atoms with E-state index in [-0.39, 0.29) is 18.8 Å². The van der Waals surface area contributed by atoms with Crippen LogP contribution in [0, 0.1) is 17.1 Å². The van der Waals surface area contributed by atoms with Gasteiger partial charge in [0.25, 0.3) is 0 Å². The maximum Gasteiger partial charge on any atom is 0.387 e. The Hall–Kier alpha value is -3.41. The Morgan fingerprint density at radius 2 is 1.87 bits per heavy atom. The molecule has 0 aromatic heterocycles. The van der Waals surface area contributed by atoms with Crippen molar-refractivity contribution in [2.24, 2.45) is 4.99 Å². The third kappa shape index (κ3) is 6.88. The van der Waals surface area contributed by atoms with Crippen molar-refractivity contribution in [1.29, 1.82) is 5.26 Å². The minimum Gasteiger partial charge on any atom is -0.493 e. The van der Waals surface area contributed by atoms with Gasteiger partial charge in [0.15, 0.2) is 5.96 Å². The second kappa shape index (κ2) is 11.6. The van der Waals surface area contributed by atoms with E-state index in [1.807, 2.05) is 13.0 Å². The molecule has 0 bridgehead atoms. The number of nitriles is 1. The molecule has 0 unspecified atom stereocenters. The van der Waals surface area contributed by atoms with Gasteiger partial charge in [0, 0.05) is 37.3 Å². The summed E-state index contributed by atoms with van der Waals surface area (Å²) in [6.45, 7) is -0.346. The van der Waals surface area contributed by atoms with Crippen LogP contribution in [0.4, 0.5) is 13.2 Å². The molecule has 2 N–H and O–H groups in total. The van der Waals surface area contributed by atoms with E-state index in [0.29, 0.717) is 35.0 Å². The highest BCUT2D eigenvalue weighted by Crippen LogP contribution is 2.26. The molecule has 0 fully saturated rings. The zero-order valence-corrected chi connectivity index (χ0v) is 16.7. The molecule has 0 saturated carbocycles. The third-order valence-corrected chi connectivity index (χ3v) is 4.02. The van der Waals surface area contributed by atoms with E-state index < -0.39 is 12.4 Å².